The van der Waals surface area contributed by atoms with Crippen LogP contribution in [0.3, 0.4) is 0 Å². The van der Waals surface area contributed by atoms with Gasteiger partial charge in [0.2, 0.25) is 0 Å². The summed E-state index contributed by atoms with van der Waals surface area (Å²) >= 11 is 3.18. The number of benzene rings is 2. The number of methoxy groups -OCH3 is 2. The fourth-order valence-electron chi connectivity index (χ4n) is 1.81. The zero-order valence-electron chi connectivity index (χ0n) is 10.0. The van der Waals surface area contributed by atoms with Crippen LogP contribution in [0.25, 0.3) is 11.1 Å². The first kappa shape index (κ1) is 12.9. The van der Waals surface area contributed by atoms with Crippen molar-refractivity contribution in [1.82, 2.24) is 0 Å². The molecule has 2 nitrogen and oxygen atoms in total. The number of halogens is 2. The maximum absolute atomic E-state index is 14.2. The predicted molar refractivity (Wildman–Crippen MR) is 72.6 cm³/mol. The molecule has 0 unspecified atom stereocenters. The standard InChI is InChI=1S/C14H12BrFO2/c1-17-11-7-4-8-12(18-2)13(11)9-5-3-6-10(15)14(9)16/h3-8H,1-2H3. The van der Waals surface area contributed by atoms with Gasteiger partial charge in [0.05, 0.1) is 24.3 Å². The van der Waals surface area contributed by atoms with Crippen LogP contribution in [-0.4, -0.2) is 14.2 Å². The Morgan fingerprint density at radius 2 is 1.50 bits per heavy atom. The van der Waals surface area contributed by atoms with E-state index < -0.39 is 0 Å². The summed E-state index contributed by atoms with van der Waals surface area (Å²) in [6, 6.07) is 10.5. The fraction of sp³-hybridized carbons (Fsp3) is 0.143. The minimum atomic E-state index is -0.333. The zero-order chi connectivity index (χ0) is 13.1. The number of hydrogen-bond acceptors (Lipinski definition) is 2. The molecule has 0 heterocycles. The van der Waals surface area contributed by atoms with E-state index in [4.69, 9.17) is 9.47 Å². The molecule has 0 aliphatic carbocycles. The molecule has 0 aliphatic rings. The van der Waals surface area contributed by atoms with E-state index in [9.17, 15) is 4.39 Å². The molecule has 2 aromatic rings. The van der Waals surface area contributed by atoms with E-state index in [-0.39, 0.29) is 5.82 Å². The maximum Gasteiger partial charge on any atom is 0.145 e. The van der Waals surface area contributed by atoms with Crippen molar-refractivity contribution in [2.24, 2.45) is 0 Å². The van der Waals surface area contributed by atoms with Crippen molar-refractivity contribution in [3.05, 3.63) is 46.7 Å². The molecule has 2 aromatic carbocycles. The maximum atomic E-state index is 14.2. The van der Waals surface area contributed by atoms with Crippen LogP contribution < -0.4 is 9.47 Å². The van der Waals surface area contributed by atoms with Crippen molar-refractivity contribution in [1.29, 1.82) is 0 Å². The monoisotopic (exact) mass is 310 g/mol. The molecular formula is C14H12BrFO2. The Bertz CT molecular complexity index is 547. The lowest BCUT2D eigenvalue weighted by Crippen LogP contribution is -1.95. The highest BCUT2D eigenvalue weighted by atomic mass is 79.9. The van der Waals surface area contributed by atoms with E-state index in [0.29, 0.717) is 27.1 Å². The van der Waals surface area contributed by atoms with Crippen LogP contribution in [0.2, 0.25) is 0 Å². The smallest absolute Gasteiger partial charge is 0.145 e. The first-order valence-corrected chi connectivity index (χ1v) is 6.13. The normalized spacial score (nSPS) is 10.2. The van der Waals surface area contributed by atoms with Crippen molar-refractivity contribution in [3.8, 4) is 22.6 Å². The van der Waals surface area contributed by atoms with Gasteiger partial charge in [-0.1, -0.05) is 18.2 Å². The average Bonchev–Trinajstić information content (AvgIpc) is 2.41. The Labute approximate surface area is 113 Å². The van der Waals surface area contributed by atoms with Gasteiger partial charge in [-0.05, 0) is 34.1 Å². The highest BCUT2D eigenvalue weighted by Crippen LogP contribution is 2.40. The van der Waals surface area contributed by atoms with E-state index in [1.165, 1.54) is 0 Å². The summed E-state index contributed by atoms with van der Waals surface area (Å²) in [7, 11) is 3.10. The molecule has 0 spiro atoms. The van der Waals surface area contributed by atoms with Crippen LogP contribution in [0.4, 0.5) is 4.39 Å². The third kappa shape index (κ3) is 2.20. The van der Waals surface area contributed by atoms with Crippen LogP contribution in [-0.2, 0) is 0 Å². The van der Waals surface area contributed by atoms with Gasteiger partial charge in [0, 0.05) is 5.56 Å². The Balaban J connectivity index is 2.73. The molecular weight excluding hydrogens is 299 g/mol. The lowest BCUT2D eigenvalue weighted by Gasteiger charge is -2.14. The van der Waals surface area contributed by atoms with Gasteiger partial charge in [-0.25, -0.2) is 4.39 Å². The van der Waals surface area contributed by atoms with Crippen LogP contribution in [0.5, 0.6) is 11.5 Å². The molecule has 94 valence electrons. The van der Waals surface area contributed by atoms with E-state index >= 15 is 0 Å². The summed E-state index contributed by atoms with van der Waals surface area (Å²) in [5.74, 6) is 0.818. The summed E-state index contributed by atoms with van der Waals surface area (Å²) in [5.41, 5.74) is 1.06. The van der Waals surface area contributed by atoms with Crippen molar-refractivity contribution >= 4 is 15.9 Å². The lowest BCUT2D eigenvalue weighted by molar-refractivity contribution is 0.397. The Hall–Kier alpha value is -1.55. The SMILES string of the molecule is COc1cccc(OC)c1-c1cccc(Br)c1F. The summed E-state index contributed by atoms with van der Waals surface area (Å²) in [4.78, 5) is 0. The molecule has 0 atom stereocenters. The average molecular weight is 311 g/mol. The first-order chi connectivity index (χ1) is 8.69. The van der Waals surface area contributed by atoms with Crippen LogP contribution in [0.15, 0.2) is 40.9 Å². The minimum absolute atomic E-state index is 0.333. The Morgan fingerprint density at radius 3 is 2.06 bits per heavy atom. The van der Waals surface area contributed by atoms with Crippen molar-refractivity contribution < 1.29 is 13.9 Å². The number of ether oxygens (including phenoxy) is 2. The molecule has 0 N–H and O–H groups in total. The molecule has 0 saturated heterocycles. The molecule has 2 rings (SSSR count). The molecule has 0 bridgehead atoms. The highest BCUT2D eigenvalue weighted by Gasteiger charge is 2.17. The van der Waals surface area contributed by atoms with E-state index in [1.54, 1.807) is 50.6 Å². The van der Waals surface area contributed by atoms with Gasteiger partial charge in [0.15, 0.2) is 0 Å². The van der Waals surface area contributed by atoms with Crippen LogP contribution >= 0.6 is 15.9 Å². The quantitative estimate of drug-likeness (QED) is 0.842. The molecule has 0 amide bonds. The van der Waals surface area contributed by atoms with Gasteiger partial charge in [-0.15, -0.1) is 0 Å². The van der Waals surface area contributed by atoms with Crippen LogP contribution in [0.1, 0.15) is 0 Å². The zero-order valence-corrected chi connectivity index (χ0v) is 11.6. The second-order valence-electron chi connectivity index (χ2n) is 3.64. The Morgan fingerprint density at radius 1 is 0.944 bits per heavy atom. The van der Waals surface area contributed by atoms with E-state index in [1.807, 2.05) is 0 Å². The van der Waals surface area contributed by atoms with Gasteiger partial charge in [0.25, 0.3) is 0 Å². The largest absolute Gasteiger partial charge is 0.496 e. The molecule has 0 saturated carbocycles. The summed E-state index contributed by atoms with van der Waals surface area (Å²) < 4.78 is 25.1. The second kappa shape index (κ2) is 5.40. The van der Waals surface area contributed by atoms with E-state index in [0.717, 1.165) is 0 Å². The topological polar surface area (TPSA) is 18.5 Å². The highest BCUT2D eigenvalue weighted by molar-refractivity contribution is 9.10. The minimum Gasteiger partial charge on any atom is -0.496 e. The molecule has 0 aliphatic heterocycles. The van der Waals surface area contributed by atoms with Gasteiger partial charge in [-0.2, -0.15) is 0 Å². The van der Waals surface area contributed by atoms with Gasteiger partial charge < -0.3 is 9.47 Å². The summed E-state index contributed by atoms with van der Waals surface area (Å²) in [6.07, 6.45) is 0. The van der Waals surface area contributed by atoms with Gasteiger partial charge in [-0.3, -0.25) is 0 Å². The van der Waals surface area contributed by atoms with Gasteiger partial charge >= 0.3 is 0 Å². The fourth-order valence-corrected chi connectivity index (χ4v) is 2.18. The predicted octanol–water partition coefficient (Wildman–Crippen LogP) is 4.27. The lowest BCUT2D eigenvalue weighted by atomic mass is 10.0. The third-order valence-corrected chi connectivity index (χ3v) is 3.26. The third-order valence-electron chi connectivity index (χ3n) is 2.65. The van der Waals surface area contributed by atoms with Crippen molar-refractivity contribution in [2.45, 2.75) is 0 Å². The molecule has 0 radical (unpaired) electrons. The molecule has 0 fully saturated rings. The van der Waals surface area contributed by atoms with Gasteiger partial charge in [0.1, 0.15) is 17.3 Å². The van der Waals surface area contributed by atoms with Crippen LogP contribution in [0, 0.1) is 5.82 Å². The molecule has 0 aromatic heterocycles. The first-order valence-electron chi connectivity index (χ1n) is 5.34. The van der Waals surface area contributed by atoms with Crippen molar-refractivity contribution in [2.75, 3.05) is 14.2 Å². The van der Waals surface area contributed by atoms with Crippen molar-refractivity contribution in [3.63, 3.8) is 0 Å². The molecule has 4 heteroatoms. The number of rotatable bonds is 3. The van der Waals surface area contributed by atoms with E-state index in [2.05, 4.69) is 15.9 Å². The summed E-state index contributed by atoms with van der Waals surface area (Å²) in [5, 5.41) is 0. The molecule has 18 heavy (non-hydrogen) atoms. The Kier molecular flexibility index (Phi) is 3.87. The second-order valence-corrected chi connectivity index (χ2v) is 4.49. The summed E-state index contributed by atoms with van der Waals surface area (Å²) in [6.45, 7) is 0. The number of hydrogen-bond donors (Lipinski definition) is 0.